The standard InChI is InChI=1S/C10H17N3/c1-3-7-13-9-12-8-10(13)5-4-6-11-2/h4-5,8-9,11H,3,6-7H2,1-2H3. The summed E-state index contributed by atoms with van der Waals surface area (Å²) in [5.41, 5.74) is 1.18. The van der Waals surface area contributed by atoms with E-state index in [1.165, 1.54) is 5.69 Å². The highest BCUT2D eigenvalue weighted by Gasteiger charge is 1.95. The fraction of sp³-hybridized carbons (Fsp3) is 0.500. The lowest BCUT2D eigenvalue weighted by atomic mass is 10.3. The highest BCUT2D eigenvalue weighted by molar-refractivity contribution is 5.43. The van der Waals surface area contributed by atoms with Crippen LogP contribution in [0.15, 0.2) is 18.6 Å². The number of aryl methyl sites for hydroxylation is 1. The number of rotatable bonds is 5. The van der Waals surface area contributed by atoms with Gasteiger partial charge in [0.25, 0.3) is 0 Å². The lowest BCUT2D eigenvalue weighted by Gasteiger charge is -2.01. The Kier molecular flexibility index (Phi) is 4.26. The maximum absolute atomic E-state index is 4.11. The summed E-state index contributed by atoms with van der Waals surface area (Å²) < 4.78 is 2.16. The molecule has 0 aliphatic heterocycles. The van der Waals surface area contributed by atoms with E-state index in [1.807, 2.05) is 19.6 Å². The first-order chi connectivity index (χ1) is 6.38. The maximum Gasteiger partial charge on any atom is 0.0950 e. The Morgan fingerprint density at radius 2 is 2.46 bits per heavy atom. The number of nitrogens with zero attached hydrogens (tertiary/aromatic N) is 2. The maximum atomic E-state index is 4.11. The van der Waals surface area contributed by atoms with Crippen molar-refractivity contribution in [2.45, 2.75) is 19.9 Å². The number of hydrogen-bond acceptors (Lipinski definition) is 2. The van der Waals surface area contributed by atoms with Crippen LogP contribution in [0.25, 0.3) is 6.08 Å². The van der Waals surface area contributed by atoms with Crippen LogP contribution < -0.4 is 5.32 Å². The molecule has 3 nitrogen and oxygen atoms in total. The van der Waals surface area contributed by atoms with Crippen LogP contribution in [-0.2, 0) is 6.54 Å². The molecule has 1 N–H and O–H groups in total. The van der Waals surface area contributed by atoms with Crippen molar-refractivity contribution in [2.75, 3.05) is 13.6 Å². The number of likely N-dealkylation sites (N-methyl/N-ethyl adjacent to an activating group) is 1. The third-order valence-corrected chi connectivity index (χ3v) is 1.82. The van der Waals surface area contributed by atoms with Crippen LogP contribution in [0.5, 0.6) is 0 Å². The van der Waals surface area contributed by atoms with E-state index < -0.39 is 0 Å². The minimum Gasteiger partial charge on any atom is -0.331 e. The zero-order valence-electron chi connectivity index (χ0n) is 8.33. The van der Waals surface area contributed by atoms with E-state index in [1.54, 1.807) is 0 Å². The van der Waals surface area contributed by atoms with Crippen LogP contribution in [-0.4, -0.2) is 23.1 Å². The molecule has 0 aliphatic rings. The minimum atomic E-state index is 0.900. The first-order valence-electron chi connectivity index (χ1n) is 4.69. The zero-order chi connectivity index (χ0) is 9.52. The van der Waals surface area contributed by atoms with Gasteiger partial charge < -0.3 is 9.88 Å². The van der Waals surface area contributed by atoms with Crippen molar-refractivity contribution in [1.82, 2.24) is 14.9 Å². The van der Waals surface area contributed by atoms with Crippen molar-refractivity contribution in [2.24, 2.45) is 0 Å². The van der Waals surface area contributed by atoms with Crippen molar-refractivity contribution in [3.63, 3.8) is 0 Å². The van der Waals surface area contributed by atoms with Gasteiger partial charge in [-0.05, 0) is 19.5 Å². The number of aromatic nitrogens is 2. The molecule has 0 bridgehead atoms. The summed E-state index contributed by atoms with van der Waals surface area (Å²) in [6.07, 6.45) is 9.11. The molecule has 0 amide bonds. The second-order valence-corrected chi connectivity index (χ2v) is 2.97. The molecule has 0 unspecified atom stereocenters. The van der Waals surface area contributed by atoms with Crippen LogP contribution in [0.1, 0.15) is 19.0 Å². The Morgan fingerprint density at radius 1 is 1.62 bits per heavy atom. The molecule has 1 aromatic rings. The van der Waals surface area contributed by atoms with E-state index in [4.69, 9.17) is 0 Å². The molecule has 1 aromatic heterocycles. The summed E-state index contributed by atoms with van der Waals surface area (Å²) in [4.78, 5) is 4.11. The molecule has 3 heteroatoms. The van der Waals surface area contributed by atoms with Crippen molar-refractivity contribution >= 4 is 6.08 Å². The van der Waals surface area contributed by atoms with Crippen molar-refractivity contribution in [3.05, 3.63) is 24.3 Å². The Morgan fingerprint density at radius 3 is 3.15 bits per heavy atom. The number of nitrogens with one attached hydrogen (secondary N) is 1. The summed E-state index contributed by atoms with van der Waals surface area (Å²) in [6, 6.07) is 0. The molecule has 0 atom stereocenters. The number of hydrogen-bond donors (Lipinski definition) is 1. The van der Waals surface area contributed by atoms with Gasteiger partial charge in [0.2, 0.25) is 0 Å². The van der Waals surface area contributed by atoms with Crippen LogP contribution >= 0.6 is 0 Å². The van der Waals surface area contributed by atoms with Gasteiger partial charge >= 0.3 is 0 Å². The topological polar surface area (TPSA) is 29.9 Å². The predicted molar refractivity (Wildman–Crippen MR) is 55.5 cm³/mol. The molecule has 1 rings (SSSR count). The highest BCUT2D eigenvalue weighted by Crippen LogP contribution is 2.02. The molecule has 0 saturated carbocycles. The molecular formula is C10H17N3. The Hall–Kier alpha value is -1.09. The summed E-state index contributed by atoms with van der Waals surface area (Å²) in [6.45, 7) is 4.11. The van der Waals surface area contributed by atoms with Crippen LogP contribution in [0.3, 0.4) is 0 Å². The van der Waals surface area contributed by atoms with Gasteiger partial charge in [-0.15, -0.1) is 0 Å². The number of imidazole rings is 1. The average Bonchev–Trinajstić information content (AvgIpc) is 2.54. The fourth-order valence-corrected chi connectivity index (χ4v) is 1.20. The quantitative estimate of drug-likeness (QED) is 0.742. The van der Waals surface area contributed by atoms with Crippen LogP contribution in [0.2, 0.25) is 0 Å². The molecule has 0 aliphatic carbocycles. The summed E-state index contributed by atoms with van der Waals surface area (Å²) in [5, 5.41) is 3.07. The molecule has 0 aromatic carbocycles. The van der Waals surface area contributed by atoms with Crippen molar-refractivity contribution in [1.29, 1.82) is 0 Å². The second kappa shape index (κ2) is 5.54. The largest absolute Gasteiger partial charge is 0.331 e. The van der Waals surface area contributed by atoms with Gasteiger partial charge in [0, 0.05) is 13.1 Å². The van der Waals surface area contributed by atoms with Gasteiger partial charge in [-0.3, -0.25) is 0 Å². The lowest BCUT2D eigenvalue weighted by molar-refractivity contribution is 0.673. The minimum absolute atomic E-state index is 0.900. The third kappa shape index (κ3) is 3.03. The monoisotopic (exact) mass is 179 g/mol. The van der Waals surface area contributed by atoms with E-state index in [0.717, 1.165) is 19.5 Å². The molecular weight excluding hydrogens is 162 g/mol. The van der Waals surface area contributed by atoms with Crippen LogP contribution in [0, 0.1) is 0 Å². The zero-order valence-corrected chi connectivity index (χ0v) is 8.33. The van der Waals surface area contributed by atoms with Gasteiger partial charge in [0.1, 0.15) is 0 Å². The normalized spacial score (nSPS) is 11.2. The van der Waals surface area contributed by atoms with Gasteiger partial charge in [-0.2, -0.15) is 0 Å². The SMILES string of the molecule is CCCn1cncc1C=CCNC. The van der Waals surface area contributed by atoms with E-state index >= 15 is 0 Å². The average molecular weight is 179 g/mol. The van der Waals surface area contributed by atoms with Crippen LogP contribution in [0.4, 0.5) is 0 Å². The Labute approximate surface area is 79.5 Å². The summed E-state index contributed by atoms with van der Waals surface area (Å²) in [5.74, 6) is 0. The summed E-state index contributed by atoms with van der Waals surface area (Å²) >= 11 is 0. The first kappa shape index (κ1) is 9.99. The first-order valence-corrected chi connectivity index (χ1v) is 4.69. The Balaban J connectivity index is 2.59. The molecule has 0 fully saturated rings. The van der Waals surface area contributed by atoms with E-state index in [-0.39, 0.29) is 0 Å². The van der Waals surface area contributed by atoms with E-state index in [0.29, 0.717) is 0 Å². The van der Waals surface area contributed by atoms with Crippen molar-refractivity contribution in [3.8, 4) is 0 Å². The van der Waals surface area contributed by atoms with E-state index in [2.05, 4.69) is 33.9 Å². The van der Waals surface area contributed by atoms with Gasteiger partial charge in [-0.1, -0.05) is 13.0 Å². The van der Waals surface area contributed by atoms with Gasteiger partial charge in [-0.25, -0.2) is 4.98 Å². The van der Waals surface area contributed by atoms with Gasteiger partial charge in [0.05, 0.1) is 18.2 Å². The van der Waals surface area contributed by atoms with Crippen molar-refractivity contribution < 1.29 is 0 Å². The Bertz CT molecular complexity index is 263. The molecule has 13 heavy (non-hydrogen) atoms. The third-order valence-electron chi connectivity index (χ3n) is 1.82. The highest BCUT2D eigenvalue weighted by atomic mass is 15.0. The molecule has 72 valence electrons. The molecule has 1 heterocycles. The lowest BCUT2D eigenvalue weighted by Crippen LogP contribution is -2.04. The second-order valence-electron chi connectivity index (χ2n) is 2.97. The van der Waals surface area contributed by atoms with Gasteiger partial charge in [0.15, 0.2) is 0 Å². The molecule has 0 radical (unpaired) electrons. The van der Waals surface area contributed by atoms with E-state index in [9.17, 15) is 0 Å². The predicted octanol–water partition coefficient (Wildman–Crippen LogP) is 1.53. The fourth-order valence-electron chi connectivity index (χ4n) is 1.20. The summed E-state index contributed by atoms with van der Waals surface area (Å²) in [7, 11) is 1.94. The molecule has 0 spiro atoms. The molecule has 0 saturated heterocycles. The smallest absolute Gasteiger partial charge is 0.0950 e.